The maximum atomic E-state index is 13.7. The minimum Gasteiger partial charge on any atom is -0.398 e. The number of nitrogens with zero attached hydrogens (tertiary/aromatic N) is 1. The highest BCUT2D eigenvalue weighted by Gasteiger charge is 2.30. The number of rotatable bonds is 3. The van der Waals surface area contributed by atoms with Gasteiger partial charge in [0.15, 0.2) is 0 Å². The molecule has 20 heavy (non-hydrogen) atoms. The van der Waals surface area contributed by atoms with E-state index in [2.05, 4.69) is 0 Å². The number of anilines is 1. The van der Waals surface area contributed by atoms with E-state index in [1.807, 2.05) is 6.92 Å². The van der Waals surface area contributed by atoms with Gasteiger partial charge in [-0.15, -0.1) is 0 Å². The van der Waals surface area contributed by atoms with E-state index < -0.39 is 15.8 Å². The average Bonchev–Trinajstić information content (AvgIpc) is 2.44. The van der Waals surface area contributed by atoms with Crippen molar-refractivity contribution in [3.8, 4) is 0 Å². The van der Waals surface area contributed by atoms with Gasteiger partial charge in [0.1, 0.15) is 5.82 Å². The van der Waals surface area contributed by atoms with Gasteiger partial charge in [0, 0.05) is 35.3 Å². The zero-order chi connectivity index (χ0) is 14.9. The van der Waals surface area contributed by atoms with Gasteiger partial charge in [-0.25, -0.2) is 12.8 Å². The number of halogens is 1. The van der Waals surface area contributed by atoms with Crippen molar-refractivity contribution in [3.05, 3.63) is 23.5 Å². The first-order chi connectivity index (χ1) is 9.36. The van der Waals surface area contributed by atoms with Gasteiger partial charge >= 0.3 is 0 Å². The summed E-state index contributed by atoms with van der Waals surface area (Å²) in [4.78, 5) is -0.0557. The molecule has 0 spiro atoms. The Kier molecular flexibility index (Phi) is 4.61. The minimum absolute atomic E-state index is 0.0557. The van der Waals surface area contributed by atoms with Gasteiger partial charge in [-0.05, 0) is 25.5 Å². The lowest BCUT2D eigenvalue weighted by atomic mass is 10.2. The summed E-state index contributed by atoms with van der Waals surface area (Å²) >= 11 is 1.78. The van der Waals surface area contributed by atoms with E-state index in [9.17, 15) is 12.8 Å². The van der Waals surface area contributed by atoms with Crippen LogP contribution in [0.4, 0.5) is 10.1 Å². The maximum Gasteiger partial charge on any atom is 0.243 e. The van der Waals surface area contributed by atoms with E-state index in [-0.39, 0.29) is 16.1 Å². The van der Waals surface area contributed by atoms with Crippen LogP contribution >= 0.6 is 11.8 Å². The van der Waals surface area contributed by atoms with Crippen molar-refractivity contribution >= 4 is 27.5 Å². The summed E-state index contributed by atoms with van der Waals surface area (Å²) in [5, 5.41) is 0.297. The molecule has 1 heterocycles. The van der Waals surface area contributed by atoms with Gasteiger partial charge in [-0.2, -0.15) is 16.1 Å². The van der Waals surface area contributed by atoms with Crippen molar-refractivity contribution in [1.29, 1.82) is 0 Å². The third-order valence-corrected chi connectivity index (χ3v) is 6.77. The van der Waals surface area contributed by atoms with Gasteiger partial charge in [-0.3, -0.25) is 0 Å². The smallest absolute Gasteiger partial charge is 0.243 e. The van der Waals surface area contributed by atoms with Crippen molar-refractivity contribution in [2.45, 2.75) is 30.4 Å². The van der Waals surface area contributed by atoms with Gasteiger partial charge in [0.05, 0.1) is 4.90 Å². The summed E-state index contributed by atoms with van der Waals surface area (Å²) in [6.07, 6.45) is 0.918. The molecule has 2 rings (SSSR count). The highest BCUT2D eigenvalue weighted by molar-refractivity contribution is 8.00. The first-order valence-electron chi connectivity index (χ1n) is 6.53. The molecule has 1 atom stereocenters. The Labute approximate surface area is 123 Å². The zero-order valence-corrected chi connectivity index (χ0v) is 13.2. The van der Waals surface area contributed by atoms with Crippen LogP contribution in [0.3, 0.4) is 0 Å². The van der Waals surface area contributed by atoms with Crippen LogP contribution in [-0.4, -0.2) is 36.8 Å². The molecule has 1 fully saturated rings. The molecule has 1 aliphatic heterocycles. The highest BCUT2D eigenvalue weighted by atomic mass is 32.2. The van der Waals surface area contributed by atoms with Crippen LogP contribution in [0.2, 0.25) is 0 Å². The van der Waals surface area contributed by atoms with Crippen molar-refractivity contribution in [1.82, 2.24) is 4.31 Å². The number of hydrogen-bond donors (Lipinski definition) is 1. The second-order valence-electron chi connectivity index (χ2n) is 4.88. The molecular formula is C13H19FN2O2S2. The van der Waals surface area contributed by atoms with Crippen LogP contribution in [0.25, 0.3) is 0 Å². The Balaban J connectivity index is 2.35. The molecule has 2 N–H and O–H groups in total. The monoisotopic (exact) mass is 318 g/mol. The van der Waals surface area contributed by atoms with Gasteiger partial charge in [0.25, 0.3) is 0 Å². The normalized spacial score (nSPS) is 21.1. The van der Waals surface area contributed by atoms with Crippen LogP contribution in [0.5, 0.6) is 0 Å². The van der Waals surface area contributed by atoms with Gasteiger partial charge in [-0.1, -0.05) is 6.92 Å². The Bertz CT molecular complexity index is 581. The van der Waals surface area contributed by atoms with Crippen LogP contribution < -0.4 is 5.73 Å². The molecule has 1 unspecified atom stereocenters. The Hall–Kier alpha value is -0.790. The Morgan fingerprint density at radius 2 is 2.20 bits per heavy atom. The summed E-state index contributed by atoms with van der Waals surface area (Å²) in [5.41, 5.74) is 6.12. The maximum absolute atomic E-state index is 13.7. The molecule has 1 aromatic rings. The SMILES string of the molecule is CCC1CN(S(=O)(=O)c2cc(N)c(C)c(F)c2)CCS1. The number of nitrogen functional groups attached to an aromatic ring is 1. The Morgan fingerprint density at radius 1 is 1.50 bits per heavy atom. The standard InChI is InChI=1S/C13H19FN2O2S2/c1-3-10-8-16(4-5-19-10)20(17,18)11-6-12(14)9(2)13(15)7-11/h6-7,10H,3-5,8,15H2,1-2H3. The number of thioether (sulfide) groups is 1. The molecule has 0 saturated carbocycles. The zero-order valence-electron chi connectivity index (χ0n) is 11.6. The van der Waals surface area contributed by atoms with Crippen molar-refractivity contribution in [2.24, 2.45) is 0 Å². The Morgan fingerprint density at radius 3 is 2.80 bits per heavy atom. The van der Waals surface area contributed by atoms with E-state index in [4.69, 9.17) is 5.73 Å². The van der Waals surface area contributed by atoms with Crippen LogP contribution in [-0.2, 0) is 10.0 Å². The van der Waals surface area contributed by atoms with E-state index >= 15 is 0 Å². The lowest BCUT2D eigenvalue weighted by Crippen LogP contribution is -2.41. The summed E-state index contributed by atoms with van der Waals surface area (Å²) in [6, 6.07) is 2.40. The summed E-state index contributed by atoms with van der Waals surface area (Å²) < 4.78 is 40.3. The van der Waals surface area contributed by atoms with Crippen molar-refractivity contribution in [3.63, 3.8) is 0 Å². The molecule has 1 aromatic carbocycles. The molecule has 4 nitrogen and oxygen atoms in total. The van der Waals surface area contributed by atoms with E-state index in [1.165, 1.54) is 17.3 Å². The molecule has 1 saturated heterocycles. The van der Waals surface area contributed by atoms with Crippen LogP contribution in [0.1, 0.15) is 18.9 Å². The quantitative estimate of drug-likeness (QED) is 0.868. The summed E-state index contributed by atoms with van der Waals surface area (Å²) in [7, 11) is -3.67. The lowest BCUT2D eigenvalue weighted by Gasteiger charge is -2.31. The number of benzene rings is 1. The number of nitrogens with two attached hydrogens (primary N) is 1. The largest absolute Gasteiger partial charge is 0.398 e. The van der Waals surface area contributed by atoms with Crippen LogP contribution in [0.15, 0.2) is 17.0 Å². The van der Waals surface area contributed by atoms with E-state index in [0.717, 1.165) is 18.2 Å². The third kappa shape index (κ3) is 2.94. The summed E-state index contributed by atoms with van der Waals surface area (Å²) in [5.74, 6) is 0.184. The van der Waals surface area contributed by atoms with Crippen LogP contribution in [0, 0.1) is 12.7 Å². The van der Waals surface area contributed by atoms with Gasteiger partial charge < -0.3 is 5.73 Å². The fourth-order valence-electron chi connectivity index (χ4n) is 2.13. The average molecular weight is 318 g/mol. The van der Waals surface area contributed by atoms with Crippen molar-refractivity contribution in [2.75, 3.05) is 24.6 Å². The molecule has 1 aliphatic rings. The predicted molar refractivity (Wildman–Crippen MR) is 80.8 cm³/mol. The van der Waals surface area contributed by atoms with Gasteiger partial charge in [0.2, 0.25) is 10.0 Å². The lowest BCUT2D eigenvalue weighted by molar-refractivity contribution is 0.415. The number of sulfonamides is 1. The fourth-order valence-corrected chi connectivity index (χ4v) is 5.05. The minimum atomic E-state index is -3.67. The fraction of sp³-hybridized carbons (Fsp3) is 0.538. The molecule has 0 amide bonds. The summed E-state index contributed by atoms with van der Waals surface area (Å²) in [6.45, 7) is 4.50. The molecular weight excluding hydrogens is 299 g/mol. The third-order valence-electron chi connectivity index (χ3n) is 3.55. The van der Waals surface area contributed by atoms with E-state index in [0.29, 0.717) is 18.3 Å². The van der Waals surface area contributed by atoms with Crippen molar-refractivity contribution < 1.29 is 12.8 Å². The van der Waals surface area contributed by atoms with E-state index in [1.54, 1.807) is 11.8 Å². The number of hydrogen-bond acceptors (Lipinski definition) is 4. The first-order valence-corrected chi connectivity index (χ1v) is 9.02. The molecule has 0 aromatic heterocycles. The molecule has 112 valence electrons. The first kappa shape index (κ1) is 15.6. The molecule has 0 bridgehead atoms. The molecule has 0 aliphatic carbocycles. The second-order valence-corrected chi connectivity index (χ2v) is 8.23. The second kappa shape index (κ2) is 5.91. The molecule has 0 radical (unpaired) electrons. The topological polar surface area (TPSA) is 63.4 Å². The predicted octanol–water partition coefficient (Wildman–Crippen LogP) is 2.23. The molecule has 7 heteroatoms. The highest BCUT2D eigenvalue weighted by Crippen LogP contribution is 2.28.